The van der Waals surface area contributed by atoms with E-state index in [9.17, 15) is 14.0 Å². The molecule has 0 unspecified atom stereocenters. The minimum Gasteiger partial charge on any atom is -0.346 e. The highest BCUT2D eigenvalue weighted by Crippen LogP contribution is 2.23. The van der Waals surface area contributed by atoms with Crippen LogP contribution in [0.15, 0.2) is 66.7 Å². The first-order valence-corrected chi connectivity index (χ1v) is 9.06. The van der Waals surface area contributed by atoms with Gasteiger partial charge in [0.25, 0.3) is 0 Å². The number of carbonyl (C=O) groups is 2. The number of rotatable bonds is 7. The summed E-state index contributed by atoms with van der Waals surface area (Å²) in [7, 11) is 0. The maximum Gasteiger partial charge on any atom is 0.243 e. The average molecular weight is 379 g/mol. The minimum absolute atomic E-state index is 0.0232. The summed E-state index contributed by atoms with van der Waals surface area (Å²) in [6.07, 6.45) is 0. The van der Waals surface area contributed by atoms with Crippen molar-refractivity contribution in [1.29, 1.82) is 0 Å². The van der Waals surface area contributed by atoms with Crippen LogP contribution in [-0.4, -0.2) is 24.9 Å². The van der Waals surface area contributed by atoms with Gasteiger partial charge in [-0.05, 0) is 47.5 Å². The van der Waals surface area contributed by atoms with Gasteiger partial charge in [-0.15, -0.1) is 0 Å². The molecule has 3 rings (SSSR count). The topological polar surface area (TPSA) is 70.2 Å². The molecule has 0 saturated carbocycles. The number of hydrogen-bond donors (Lipinski definition) is 3. The molecular weight excluding hydrogens is 357 g/mol. The molecule has 0 spiro atoms. The lowest BCUT2D eigenvalue weighted by molar-refractivity contribution is -0.123. The number of nitrogens with one attached hydrogen (secondary N) is 3. The lowest BCUT2D eigenvalue weighted by Crippen LogP contribution is -2.39. The fourth-order valence-electron chi connectivity index (χ4n) is 2.96. The summed E-state index contributed by atoms with van der Waals surface area (Å²) < 4.78 is 12.9. The van der Waals surface area contributed by atoms with E-state index < -0.39 is 0 Å². The molecule has 0 aliphatic carbocycles. The van der Waals surface area contributed by atoms with E-state index in [0.29, 0.717) is 5.69 Å². The van der Waals surface area contributed by atoms with Crippen LogP contribution in [-0.2, 0) is 9.59 Å². The molecule has 0 heterocycles. The normalized spacial score (nSPS) is 11.8. The molecule has 0 aromatic heterocycles. The molecule has 0 fully saturated rings. The monoisotopic (exact) mass is 379 g/mol. The Morgan fingerprint density at radius 1 is 0.893 bits per heavy atom. The third-order valence-corrected chi connectivity index (χ3v) is 4.43. The van der Waals surface area contributed by atoms with Gasteiger partial charge < -0.3 is 16.0 Å². The van der Waals surface area contributed by atoms with Gasteiger partial charge >= 0.3 is 0 Å². The zero-order chi connectivity index (χ0) is 19.9. The summed E-state index contributed by atoms with van der Waals surface area (Å²) in [6, 6.07) is 19.6. The van der Waals surface area contributed by atoms with Crippen molar-refractivity contribution in [3.8, 4) is 0 Å². The maximum absolute atomic E-state index is 12.9. The standard InChI is InChI=1S/C22H22FN3O2/c1-15(19-8-4-6-16-5-2-3-7-20(16)19)24-13-21(27)25-14-22(28)26-18-11-9-17(23)10-12-18/h2-12,15,24H,13-14H2,1H3,(H,25,27)(H,26,28)/t15-/m1/s1. The number of carbonyl (C=O) groups excluding carboxylic acids is 2. The Labute approximate surface area is 162 Å². The van der Waals surface area contributed by atoms with Crippen molar-refractivity contribution in [3.63, 3.8) is 0 Å². The van der Waals surface area contributed by atoms with Crippen LogP contribution in [0.4, 0.5) is 10.1 Å². The largest absolute Gasteiger partial charge is 0.346 e. The van der Waals surface area contributed by atoms with Gasteiger partial charge in [-0.25, -0.2) is 4.39 Å². The van der Waals surface area contributed by atoms with Gasteiger partial charge in [-0.1, -0.05) is 42.5 Å². The van der Waals surface area contributed by atoms with E-state index in [1.165, 1.54) is 24.3 Å². The molecule has 2 amide bonds. The molecule has 0 aliphatic rings. The Hall–Kier alpha value is -3.25. The summed E-state index contributed by atoms with van der Waals surface area (Å²) in [5.41, 5.74) is 1.59. The summed E-state index contributed by atoms with van der Waals surface area (Å²) in [4.78, 5) is 23.9. The van der Waals surface area contributed by atoms with Crippen LogP contribution in [0.25, 0.3) is 10.8 Å². The van der Waals surface area contributed by atoms with Crippen LogP contribution < -0.4 is 16.0 Å². The molecule has 0 radical (unpaired) electrons. The molecular formula is C22H22FN3O2. The van der Waals surface area contributed by atoms with Crippen LogP contribution in [0.1, 0.15) is 18.5 Å². The fraction of sp³-hybridized carbons (Fsp3) is 0.182. The molecule has 28 heavy (non-hydrogen) atoms. The zero-order valence-corrected chi connectivity index (χ0v) is 15.5. The summed E-state index contributed by atoms with van der Waals surface area (Å²) in [5.74, 6) is -1.03. The second-order valence-corrected chi connectivity index (χ2v) is 6.50. The Bertz CT molecular complexity index is 968. The van der Waals surface area contributed by atoms with Crippen LogP contribution in [0.3, 0.4) is 0 Å². The number of fused-ring (bicyclic) bond motifs is 1. The number of benzene rings is 3. The van der Waals surface area contributed by atoms with Crippen molar-refractivity contribution in [3.05, 3.63) is 78.1 Å². The molecule has 5 nitrogen and oxygen atoms in total. The molecule has 0 aliphatic heterocycles. The van der Waals surface area contributed by atoms with Crippen LogP contribution in [0.5, 0.6) is 0 Å². The SMILES string of the molecule is C[C@@H](NCC(=O)NCC(=O)Nc1ccc(F)cc1)c1cccc2ccccc12. The summed E-state index contributed by atoms with van der Waals surface area (Å²) in [6.45, 7) is 1.94. The Morgan fingerprint density at radius 2 is 1.61 bits per heavy atom. The Balaban J connectivity index is 1.47. The molecule has 3 aromatic rings. The van der Waals surface area contributed by atoms with Crippen molar-refractivity contribution in [2.24, 2.45) is 0 Å². The zero-order valence-electron chi connectivity index (χ0n) is 15.5. The maximum atomic E-state index is 12.9. The fourth-order valence-corrected chi connectivity index (χ4v) is 2.96. The van der Waals surface area contributed by atoms with Gasteiger partial charge in [0.2, 0.25) is 11.8 Å². The van der Waals surface area contributed by atoms with Crippen LogP contribution in [0, 0.1) is 5.82 Å². The molecule has 144 valence electrons. The second-order valence-electron chi connectivity index (χ2n) is 6.50. The lowest BCUT2D eigenvalue weighted by atomic mass is 10.00. The second kappa shape index (κ2) is 9.10. The minimum atomic E-state index is -0.377. The van der Waals surface area contributed by atoms with Gasteiger partial charge in [-0.3, -0.25) is 9.59 Å². The molecule has 3 N–H and O–H groups in total. The third kappa shape index (κ3) is 5.14. The smallest absolute Gasteiger partial charge is 0.243 e. The lowest BCUT2D eigenvalue weighted by Gasteiger charge is -2.16. The van der Waals surface area contributed by atoms with Gasteiger partial charge in [0.1, 0.15) is 5.82 Å². The Morgan fingerprint density at radius 3 is 2.39 bits per heavy atom. The first-order valence-electron chi connectivity index (χ1n) is 9.06. The van der Waals surface area contributed by atoms with Crippen molar-refractivity contribution in [1.82, 2.24) is 10.6 Å². The highest BCUT2D eigenvalue weighted by molar-refractivity contribution is 5.94. The quantitative estimate of drug-likeness (QED) is 0.589. The van der Waals surface area contributed by atoms with E-state index in [1.807, 2.05) is 31.2 Å². The molecule has 6 heteroatoms. The highest BCUT2D eigenvalue weighted by Gasteiger charge is 2.11. The van der Waals surface area contributed by atoms with Gasteiger partial charge in [0, 0.05) is 11.7 Å². The molecule has 3 aromatic carbocycles. The number of hydrogen-bond acceptors (Lipinski definition) is 3. The van der Waals surface area contributed by atoms with E-state index in [4.69, 9.17) is 0 Å². The van der Waals surface area contributed by atoms with E-state index >= 15 is 0 Å². The third-order valence-electron chi connectivity index (χ3n) is 4.43. The highest BCUT2D eigenvalue weighted by atomic mass is 19.1. The van der Waals surface area contributed by atoms with Crippen molar-refractivity contribution in [2.45, 2.75) is 13.0 Å². The van der Waals surface area contributed by atoms with Crippen LogP contribution in [0.2, 0.25) is 0 Å². The van der Waals surface area contributed by atoms with Crippen molar-refractivity contribution in [2.75, 3.05) is 18.4 Å². The van der Waals surface area contributed by atoms with E-state index in [2.05, 4.69) is 34.1 Å². The molecule has 0 bridgehead atoms. The number of halogens is 1. The molecule has 0 saturated heterocycles. The van der Waals surface area contributed by atoms with Gasteiger partial charge in [0.15, 0.2) is 0 Å². The first kappa shape index (κ1) is 19.5. The Kier molecular flexibility index (Phi) is 6.34. The predicted octanol–water partition coefficient (Wildman–Crippen LogP) is 3.38. The van der Waals surface area contributed by atoms with Gasteiger partial charge in [-0.2, -0.15) is 0 Å². The van der Waals surface area contributed by atoms with E-state index in [0.717, 1.165) is 16.3 Å². The van der Waals surface area contributed by atoms with Crippen LogP contribution >= 0.6 is 0 Å². The van der Waals surface area contributed by atoms with Gasteiger partial charge in [0.05, 0.1) is 13.1 Å². The first-order chi connectivity index (χ1) is 13.5. The van der Waals surface area contributed by atoms with Crippen molar-refractivity contribution >= 4 is 28.3 Å². The number of amides is 2. The van der Waals surface area contributed by atoms with E-state index in [-0.39, 0.29) is 36.8 Å². The average Bonchev–Trinajstić information content (AvgIpc) is 2.71. The summed E-state index contributed by atoms with van der Waals surface area (Å²) in [5, 5.41) is 10.6. The number of anilines is 1. The molecule has 1 atom stereocenters. The summed E-state index contributed by atoms with van der Waals surface area (Å²) >= 11 is 0. The van der Waals surface area contributed by atoms with Crippen molar-refractivity contribution < 1.29 is 14.0 Å². The predicted molar refractivity (Wildman–Crippen MR) is 108 cm³/mol. The van der Waals surface area contributed by atoms with E-state index in [1.54, 1.807) is 0 Å².